The first-order chi connectivity index (χ1) is 11.9. The minimum atomic E-state index is -4.10. The highest BCUT2D eigenvalue weighted by Crippen LogP contribution is 2.17. The molecule has 1 atom stereocenters. The van der Waals surface area contributed by atoms with Gasteiger partial charge in [-0.05, 0) is 51.4 Å². The first-order valence-electron chi connectivity index (χ1n) is 8.65. The Morgan fingerprint density at radius 2 is 1.96 bits per heavy atom. The summed E-state index contributed by atoms with van der Waals surface area (Å²) in [6.45, 7) is 5.75. The number of rotatable bonds is 7. The maximum atomic E-state index is 13.8. The van der Waals surface area contributed by atoms with Crippen molar-refractivity contribution in [2.45, 2.75) is 50.1 Å². The van der Waals surface area contributed by atoms with Gasteiger partial charge in [-0.1, -0.05) is 19.1 Å². The molecule has 9 heteroatoms. The van der Waals surface area contributed by atoms with Crippen molar-refractivity contribution in [1.82, 2.24) is 14.9 Å². The van der Waals surface area contributed by atoms with Crippen molar-refractivity contribution in [2.75, 3.05) is 19.6 Å². The third kappa shape index (κ3) is 5.64. The van der Waals surface area contributed by atoms with E-state index in [9.17, 15) is 17.6 Å². The maximum Gasteiger partial charge on any atom is 0.244 e. The van der Waals surface area contributed by atoms with Crippen LogP contribution in [-0.2, 0) is 14.8 Å². The second-order valence-corrected chi connectivity index (χ2v) is 7.97. The Morgan fingerprint density at radius 3 is 2.54 bits per heavy atom. The number of nitrogens with one attached hydrogen (secondary N) is 2. The molecule has 148 valence electrons. The first-order valence-corrected chi connectivity index (χ1v) is 10.1. The summed E-state index contributed by atoms with van der Waals surface area (Å²) in [6.07, 6.45) is 2.49. The number of amides is 1. The number of piperidine rings is 1. The van der Waals surface area contributed by atoms with Crippen LogP contribution in [0.3, 0.4) is 0 Å². The van der Waals surface area contributed by atoms with Crippen LogP contribution in [0.4, 0.5) is 4.39 Å². The Kier molecular flexibility index (Phi) is 8.95. The van der Waals surface area contributed by atoms with E-state index in [2.05, 4.69) is 10.0 Å². The standard InChI is InChI=1S/C17H26FN3O3S.ClH/c1-3-12-21(14-8-10-19-11-9-14)17(22)13(2)20-25(23,24)16-7-5-4-6-15(16)18;/h4-7,13-14,19-20H,3,8-12H2,1-2H3;1H. The van der Waals surface area contributed by atoms with Gasteiger partial charge in [0.05, 0.1) is 6.04 Å². The quantitative estimate of drug-likeness (QED) is 0.723. The Bertz CT molecular complexity index is 696. The summed E-state index contributed by atoms with van der Waals surface area (Å²) in [4.78, 5) is 14.1. The minimum Gasteiger partial charge on any atom is -0.338 e. The smallest absolute Gasteiger partial charge is 0.244 e. The van der Waals surface area contributed by atoms with Crippen LogP contribution in [0.25, 0.3) is 0 Å². The Labute approximate surface area is 161 Å². The number of hydrogen-bond acceptors (Lipinski definition) is 4. The van der Waals surface area contributed by atoms with E-state index in [1.165, 1.54) is 25.1 Å². The molecule has 0 spiro atoms. The topological polar surface area (TPSA) is 78.5 Å². The zero-order valence-corrected chi connectivity index (χ0v) is 16.7. The summed E-state index contributed by atoms with van der Waals surface area (Å²) in [7, 11) is -4.10. The summed E-state index contributed by atoms with van der Waals surface area (Å²) in [5, 5.41) is 3.25. The van der Waals surface area contributed by atoms with E-state index in [4.69, 9.17) is 0 Å². The fourth-order valence-corrected chi connectivity index (χ4v) is 4.37. The zero-order chi connectivity index (χ0) is 18.4. The van der Waals surface area contributed by atoms with Gasteiger partial charge in [0.2, 0.25) is 15.9 Å². The summed E-state index contributed by atoms with van der Waals surface area (Å²) in [5.41, 5.74) is 0. The lowest BCUT2D eigenvalue weighted by molar-refractivity contribution is -0.135. The van der Waals surface area contributed by atoms with Crippen LogP contribution < -0.4 is 10.0 Å². The van der Waals surface area contributed by atoms with Crippen molar-refractivity contribution in [3.8, 4) is 0 Å². The molecule has 1 heterocycles. The van der Waals surface area contributed by atoms with Gasteiger partial charge in [-0.15, -0.1) is 12.4 Å². The molecule has 0 aliphatic carbocycles. The largest absolute Gasteiger partial charge is 0.338 e. The molecule has 6 nitrogen and oxygen atoms in total. The van der Waals surface area contributed by atoms with Gasteiger partial charge >= 0.3 is 0 Å². The van der Waals surface area contributed by atoms with Crippen molar-refractivity contribution in [1.29, 1.82) is 0 Å². The highest BCUT2D eigenvalue weighted by Gasteiger charge is 2.31. The van der Waals surface area contributed by atoms with Crippen LogP contribution in [0.1, 0.15) is 33.1 Å². The van der Waals surface area contributed by atoms with Crippen LogP contribution in [0.2, 0.25) is 0 Å². The van der Waals surface area contributed by atoms with Crippen LogP contribution in [-0.4, -0.2) is 50.9 Å². The monoisotopic (exact) mass is 407 g/mol. The van der Waals surface area contributed by atoms with Crippen molar-refractivity contribution in [3.63, 3.8) is 0 Å². The second kappa shape index (κ2) is 10.2. The van der Waals surface area contributed by atoms with Gasteiger partial charge in [-0.3, -0.25) is 4.79 Å². The molecular weight excluding hydrogens is 381 g/mol. The molecule has 1 aromatic rings. The Hall–Kier alpha value is -1.22. The lowest BCUT2D eigenvalue weighted by atomic mass is 10.0. The molecule has 1 aromatic carbocycles. The van der Waals surface area contributed by atoms with E-state index in [1.807, 2.05) is 6.92 Å². The van der Waals surface area contributed by atoms with Crippen LogP contribution in [0, 0.1) is 5.82 Å². The summed E-state index contributed by atoms with van der Waals surface area (Å²) < 4.78 is 40.9. The van der Waals surface area contributed by atoms with Gasteiger partial charge in [-0.25, -0.2) is 12.8 Å². The highest BCUT2D eigenvalue weighted by molar-refractivity contribution is 7.89. The Morgan fingerprint density at radius 1 is 1.35 bits per heavy atom. The predicted molar refractivity (Wildman–Crippen MR) is 101 cm³/mol. The molecule has 1 aliphatic rings. The second-order valence-electron chi connectivity index (χ2n) is 6.29. The van der Waals surface area contributed by atoms with Gasteiger partial charge < -0.3 is 10.2 Å². The summed E-state index contributed by atoms with van der Waals surface area (Å²) >= 11 is 0. The molecule has 1 unspecified atom stereocenters. The van der Waals surface area contributed by atoms with E-state index < -0.39 is 26.8 Å². The number of carbonyl (C=O) groups excluding carboxylic acids is 1. The maximum absolute atomic E-state index is 13.8. The van der Waals surface area contributed by atoms with Crippen LogP contribution in [0.5, 0.6) is 0 Å². The van der Waals surface area contributed by atoms with E-state index in [0.717, 1.165) is 38.4 Å². The van der Waals surface area contributed by atoms with Crippen LogP contribution in [0.15, 0.2) is 29.2 Å². The lowest BCUT2D eigenvalue weighted by Gasteiger charge is -2.36. The molecule has 2 rings (SSSR count). The first kappa shape index (κ1) is 22.8. The Balaban J connectivity index is 0.00000338. The van der Waals surface area contributed by atoms with Crippen molar-refractivity contribution in [2.24, 2.45) is 0 Å². The normalized spacial score (nSPS) is 16.6. The SMILES string of the molecule is CCCN(C(=O)C(C)NS(=O)(=O)c1ccccc1F)C1CCNCC1.Cl. The predicted octanol–water partition coefficient (Wildman–Crippen LogP) is 1.90. The van der Waals surface area contributed by atoms with Gasteiger partial charge in [0, 0.05) is 12.6 Å². The molecule has 26 heavy (non-hydrogen) atoms. The van der Waals surface area contributed by atoms with Gasteiger partial charge in [-0.2, -0.15) is 4.72 Å². The molecule has 1 aliphatic heterocycles. The lowest BCUT2D eigenvalue weighted by Crippen LogP contribution is -2.53. The average molecular weight is 408 g/mol. The molecule has 0 bridgehead atoms. The molecule has 0 radical (unpaired) electrons. The van der Waals surface area contributed by atoms with E-state index in [-0.39, 0.29) is 24.4 Å². The summed E-state index contributed by atoms with van der Waals surface area (Å²) in [5.74, 6) is -1.10. The third-order valence-electron chi connectivity index (χ3n) is 4.33. The zero-order valence-electron chi connectivity index (χ0n) is 15.1. The van der Waals surface area contributed by atoms with Gasteiger partial charge in [0.1, 0.15) is 10.7 Å². The number of hydrogen-bond donors (Lipinski definition) is 2. The number of sulfonamides is 1. The fraction of sp³-hybridized carbons (Fsp3) is 0.588. The number of halogens is 2. The molecule has 1 amide bonds. The average Bonchev–Trinajstić information content (AvgIpc) is 2.59. The third-order valence-corrected chi connectivity index (χ3v) is 5.90. The minimum absolute atomic E-state index is 0. The highest BCUT2D eigenvalue weighted by atomic mass is 35.5. The van der Waals surface area contributed by atoms with Crippen LogP contribution >= 0.6 is 12.4 Å². The van der Waals surface area contributed by atoms with E-state index in [1.54, 1.807) is 4.90 Å². The summed E-state index contributed by atoms with van der Waals surface area (Å²) in [6, 6.07) is 4.29. The fourth-order valence-electron chi connectivity index (χ4n) is 3.09. The molecule has 0 aromatic heterocycles. The molecule has 2 N–H and O–H groups in total. The van der Waals surface area contributed by atoms with E-state index >= 15 is 0 Å². The number of benzene rings is 1. The van der Waals surface area contributed by atoms with Crippen molar-refractivity contribution >= 4 is 28.3 Å². The van der Waals surface area contributed by atoms with Crippen molar-refractivity contribution in [3.05, 3.63) is 30.1 Å². The molecule has 1 fully saturated rings. The van der Waals surface area contributed by atoms with Gasteiger partial charge in [0.15, 0.2) is 0 Å². The van der Waals surface area contributed by atoms with Gasteiger partial charge in [0.25, 0.3) is 0 Å². The van der Waals surface area contributed by atoms with Crippen molar-refractivity contribution < 1.29 is 17.6 Å². The molecular formula is C17H27ClFN3O3S. The number of carbonyl (C=O) groups is 1. The number of nitrogens with zero attached hydrogens (tertiary/aromatic N) is 1. The van der Waals surface area contributed by atoms with E-state index in [0.29, 0.717) is 6.54 Å². The molecule has 0 saturated carbocycles. The molecule has 1 saturated heterocycles.